The lowest BCUT2D eigenvalue weighted by Crippen LogP contribution is -2.23. The second kappa shape index (κ2) is 6.99. The molecule has 6 heteroatoms. The van der Waals surface area contributed by atoms with Crippen LogP contribution in [-0.4, -0.2) is 6.54 Å². The van der Waals surface area contributed by atoms with Crippen LogP contribution in [0, 0.1) is 0 Å². The fourth-order valence-corrected chi connectivity index (χ4v) is 4.34. The average molecular weight is 358 g/mol. The minimum Gasteiger partial charge on any atom is -0.467 e. The molecule has 0 aliphatic carbocycles. The standard InChI is InChI=1S/C15H13Cl2NOS2/c16-13-5-3-10(20-13)7-8-18-15(11-2-1-9-19-11)12-4-6-14(17)21-12/h1-6,9,15,18H,7-8H2. The maximum absolute atomic E-state index is 6.05. The summed E-state index contributed by atoms with van der Waals surface area (Å²) < 4.78 is 7.17. The Morgan fingerprint density at radius 1 is 1.05 bits per heavy atom. The Morgan fingerprint density at radius 3 is 2.48 bits per heavy atom. The minimum atomic E-state index is 0.0351. The lowest BCUT2D eigenvalue weighted by atomic mass is 10.2. The van der Waals surface area contributed by atoms with Crippen LogP contribution in [0.2, 0.25) is 8.67 Å². The van der Waals surface area contributed by atoms with Crippen LogP contribution in [-0.2, 0) is 6.42 Å². The third kappa shape index (κ3) is 3.90. The smallest absolute Gasteiger partial charge is 0.126 e. The van der Waals surface area contributed by atoms with Gasteiger partial charge in [-0.3, -0.25) is 0 Å². The molecule has 2 nitrogen and oxygen atoms in total. The van der Waals surface area contributed by atoms with Gasteiger partial charge in [0.15, 0.2) is 0 Å². The fraction of sp³-hybridized carbons (Fsp3) is 0.200. The predicted octanol–water partition coefficient (Wildman–Crippen LogP) is 5.63. The maximum atomic E-state index is 6.05. The van der Waals surface area contributed by atoms with Gasteiger partial charge in [-0.15, -0.1) is 22.7 Å². The van der Waals surface area contributed by atoms with Crippen LogP contribution in [0.15, 0.2) is 47.1 Å². The first-order valence-electron chi connectivity index (χ1n) is 6.48. The van der Waals surface area contributed by atoms with E-state index < -0.39 is 0 Å². The lowest BCUT2D eigenvalue weighted by molar-refractivity contribution is 0.451. The van der Waals surface area contributed by atoms with Crippen LogP contribution in [0.4, 0.5) is 0 Å². The minimum absolute atomic E-state index is 0.0351. The summed E-state index contributed by atoms with van der Waals surface area (Å²) in [5.41, 5.74) is 0. The molecule has 0 saturated heterocycles. The molecule has 3 heterocycles. The molecule has 0 aromatic carbocycles. The molecule has 3 rings (SSSR count). The SMILES string of the molecule is Clc1ccc(CCNC(c2ccco2)c2ccc(Cl)s2)s1. The zero-order valence-electron chi connectivity index (χ0n) is 11.0. The Hall–Kier alpha value is -0.780. The topological polar surface area (TPSA) is 25.2 Å². The zero-order chi connectivity index (χ0) is 14.7. The fourth-order valence-electron chi connectivity index (χ4n) is 2.11. The molecule has 0 radical (unpaired) electrons. The number of halogens is 2. The van der Waals surface area contributed by atoms with Gasteiger partial charge < -0.3 is 9.73 Å². The first kappa shape index (κ1) is 15.1. The molecule has 1 atom stereocenters. The van der Waals surface area contributed by atoms with Gasteiger partial charge in [0.05, 0.1) is 14.9 Å². The van der Waals surface area contributed by atoms with E-state index in [-0.39, 0.29) is 6.04 Å². The van der Waals surface area contributed by atoms with Crippen molar-refractivity contribution in [3.63, 3.8) is 0 Å². The second-order valence-electron chi connectivity index (χ2n) is 4.50. The molecule has 0 saturated carbocycles. The molecule has 3 aromatic rings. The van der Waals surface area contributed by atoms with Gasteiger partial charge in [0, 0.05) is 16.3 Å². The van der Waals surface area contributed by atoms with Crippen molar-refractivity contribution in [2.24, 2.45) is 0 Å². The van der Waals surface area contributed by atoms with E-state index in [1.54, 1.807) is 28.9 Å². The summed E-state index contributed by atoms with van der Waals surface area (Å²) in [6, 6.07) is 11.9. The van der Waals surface area contributed by atoms with Crippen molar-refractivity contribution in [3.05, 3.63) is 66.8 Å². The third-order valence-corrected chi connectivity index (χ3v) is 5.64. The molecule has 0 bridgehead atoms. The number of thiophene rings is 2. The molecular weight excluding hydrogens is 345 g/mol. The predicted molar refractivity (Wildman–Crippen MR) is 90.9 cm³/mol. The summed E-state index contributed by atoms with van der Waals surface area (Å²) >= 11 is 15.2. The van der Waals surface area contributed by atoms with E-state index in [2.05, 4.69) is 11.4 Å². The molecule has 0 aliphatic heterocycles. The van der Waals surface area contributed by atoms with Gasteiger partial charge in [0.25, 0.3) is 0 Å². The first-order chi connectivity index (χ1) is 10.2. The highest BCUT2D eigenvalue weighted by Gasteiger charge is 2.18. The molecule has 0 spiro atoms. The number of rotatable bonds is 6. The zero-order valence-corrected chi connectivity index (χ0v) is 14.2. The van der Waals surface area contributed by atoms with Crippen molar-refractivity contribution in [2.45, 2.75) is 12.5 Å². The second-order valence-corrected chi connectivity index (χ2v) is 8.05. The van der Waals surface area contributed by atoms with Gasteiger partial charge in [-0.1, -0.05) is 23.2 Å². The van der Waals surface area contributed by atoms with Gasteiger partial charge in [0.2, 0.25) is 0 Å². The molecule has 21 heavy (non-hydrogen) atoms. The van der Waals surface area contributed by atoms with Crippen LogP contribution < -0.4 is 5.32 Å². The molecule has 0 fully saturated rings. The van der Waals surface area contributed by atoms with Crippen molar-refractivity contribution >= 4 is 45.9 Å². The number of furan rings is 1. The van der Waals surface area contributed by atoms with E-state index >= 15 is 0 Å². The quantitative estimate of drug-likeness (QED) is 0.618. The molecule has 0 amide bonds. The highest BCUT2D eigenvalue weighted by atomic mass is 35.5. The normalized spacial score (nSPS) is 12.7. The molecule has 3 aromatic heterocycles. The summed E-state index contributed by atoms with van der Waals surface area (Å²) in [5, 5.41) is 3.53. The van der Waals surface area contributed by atoms with E-state index in [1.807, 2.05) is 30.3 Å². The average Bonchev–Trinajstić information content (AvgIpc) is 3.17. The van der Waals surface area contributed by atoms with E-state index in [0.29, 0.717) is 0 Å². The number of hydrogen-bond donors (Lipinski definition) is 1. The van der Waals surface area contributed by atoms with Gasteiger partial charge in [-0.05, 0) is 42.8 Å². The Morgan fingerprint density at radius 2 is 1.86 bits per heavy atom. The van der Waals surface area contributed by atoms with Crippen LogP contribution in [0.1, 0.15) is 21.6 Å². The summed E-state index contributed by atoms with van der Waals surface area (Å²) in [6.07, 6.45) is 2.63. The van der Waals surface area contributed by atoms with Crippen molar-refractivity contribution in [1.82, 2.24) is 5.32 Å². The highest BCUT2D eigenvalue weighted by Crippen LogP contribution is 2.31. The van der Waals surface area contributed by atoms with Crippen molar-refractivity contribution in [3.8, 4) is 0 Å². The van der Waals surface area contributed by atoms with Gasteiger partial charge in [-0.25, -0.2) is 0 Å². The molecule has 110 valence electrons. The molecular formula is C15H13Cl2NOS2. The van der Waals surface area contributed by atoms with Crippen molar-refractivity contribution < 1.29 is 4.42 Å². The van der Waals surface area contributed by atoms with E-state index in [4.69, 9.17) is 27.6 Å². The summed E-state index contributed by atoms with van der Waals surface area (Å²) in [7, 11) is 0. The lowest BCUT2D eigenvalue weighted by Gasteiger charge is -2.14. The van der Waals surface area contributed by atoms with Crippen molar-refractivity contribution in [2.75, 3.05) is 6.54 Å². The van der Waals surface area contributed by atoms with Crippen molar-refractivity contribution in [1.29, 1.82) is 0 Å². The summed E-state index contributed by atoms with van der Waals surface area (Å²) in [4.78, 5) is 2.43. The van der Waals surface area contributed by atoms with Crippen LogP contribution >= 0.6 is 45.9 Å². The maximum Gasteiger partial charge on any atom is 0.126 e. The Balaban J connectivity index is 1.68. The Labute approximate surface area is 141 Å². The van der Waals surface area contributed by atoms with E-state index in [1.165, 1.54) is 4.88 Å². The number of hydrogen-bond acceptors (Lipinski definition) is 4. The monoisotopic (exact) mass is 357 g/mol. The van der Waals surface area contributed by atoms with Crippen LogP contribution in [0.25, 0.3) is 0 Å². The van der Waals surface area contributed by atoms with Crippen LogP contribution in [0.3, 0.4) is 0 Å². The number of nitrogens with one attached hydrogen (secondary N) is 1. The van der Waals surface area contributed by atoms with E-state index in [9.17, 15) is 0 Å². The van der Waals surface area contributed by atoms with Gasteiger partial charge in [0.1, 0.15) is 11.8 Å². The molecule has 1 N–H and O–H groups in total. The highest BCUT2D eigenvalue weighted by molar-refractivity contribution is 7.16. The van der Waals surface area contributed by atoms with Crippen LogP contribution in [0.5, 0.6) is 0 Å². The summed E-state index contributed by atoms with van der Waals surface area (Å²) in [5.74, 6) is 0.901. The Kier molecular flexibility index (Phi) is 5.03. The largest absolute Gasteiger partial charge is 0.467 e. The first-order valence-corrected chi connectivity index (χ1v) is 8.87. The third-order valence-electron chi connectivity index (χ3n) is 3.05. The van der Waals surface area contributed by atoms with Gasteiger partial charge >= 0.3 is 0 Å². The van der Waals surface area contributed by atoms with Gasteiger partial charge in [-0.2, -0.15) is 0 Å². The summed E-state index contributed by atoms with van der Waals surface area (Å²) in [6.45, 7) is 0.845. The van der Waals surface area contributed by atoms with E-state index in [0.717, 1.165) is 32.3 Å². The molecule has 1 unspecified atom stereocenters. The molecule has 0 aliphatic rings. The Bertz CT molecular complexity index is 690.